The van der Waals surface area contributed by atoms with Gasteiger partial charge >= 0.3 is 0 Å². The van der Waals surface area contributed by atoms with Crippen molar-refractivity contribution in [3.05, 3.63) is 12.2 Å². The number of hydrogen-bond acceptors (Lipinski definition) is 3. The Bertz CT molecular complexity index is 249. The van der Waals surface area contributed by atoms with Gasteiger partial charge in [-0.1, -0.05) is 15.9 Å². The van der Waals surface area contributed by atoms with Crippen molar-refractivity contribution in [3.63, 3.8) is 0 Å². The highest BCUT2D eigenvalue weighted by atomic mass is 79.9. The average Bonchev–Trinajstić information content (AvgIpc) is 2.65. The molecule has 80 valence electrons. The minimum absolute atomic E-state index is 0.816. The number of rotatable bonds is 7. The zero-order chi connectivity index (χ0) is 10.2. The van der Waals surface area contributed by atoms with Gasteiger partial charge in [0.2, 0.25) is 0 Å². The molecule has 14 heavy (non-hydrogen) atoms. The van der Waals surface area contributed by atoms with Gasteiger partial charge < -0.3 is 5.32 Å². The monoisotopic (exact) mass is 260 g/mol. The predicted molar refractivity (Wildman–Crippen MR) is 60.4 cm³/mol. The molecule has 4 nitrogen and oxygen atoms in total. The van der Waals surface area contributed by atoms with Gasteiger partial charge in [-0.15, -0.1) is 0 Å². The van der Waals surface area contributed by atoms with Crippen molar-refractivity contribution in [2.75, 3.05) is 11.9 Å². The molecule has 0 amide bonds. The summed E-state index contributed by atoms with van der Waals surface area (Å²) in [5.41, 5.74) is 0. The van der Waals surface area contributed by atoms with E-state index in [-0.39, 0.29) is 0 Å². The van der Waals surface area contributed by atoms with E-state index in [0.717, 1.165) is 30.8 Å². The van der Waals surface area contributed by atoms with Crippen molar-refractivity contribution in [3.8, 4) is 0 Å². The quantitative estimate of drug-likeness (QED) is 0.598. The summed E-state index contributed by atoms with van der Waals surface area (Å²) < 4.78 is 1.91. The van der Waals surface area contributed by atoms with Crippen LogP contribution in [0, 0.1) is 0 Å². The third-order valence-corrected chi connectivity index (χ3v) is 2.58. The Morgan fingerprint density at radius 1 is 1.50 bits per heavy atom. The molecule has 0 unspecified atom stereocenters. The maximum Gasteiger partial charge on any atom is 0.140 e. The Balaban J connectivity index is 2.17. The molecule has 1 rings (SSSR count). The van der Waals surface area contributed by atoms with Crippen LogP contribution in [-0.4, -0.2) is 26.6 Å². The molecule has 1 N–H and O–H groups in total. The van der Waals surface area contributed by atoms with Crippen LogP contribution in [-0.2, 0) is 13.1 Å². The second kappa shape index (κ2) is 6.95. The van der Waals surface area contributed by atoms with Crippen LogP contribution in [0.25, 0.3) is 0 Å². The summed E-state index contributed by atoms with van der Waals surface area (Å²) >= 11 is 3.41. The van der Waals surface area contributed by atoms with Gasteiger partial charge in [0.05, 0.1) is 6.54 Å². The van der Waals surface area contributed by atoms with Gasteiger partial charge in [0.1, 0.15) is 12.2 Å². The fourth-order valence-electron chi connectivity index (χ4n) is 1.23. The van der Waals surface area contributed by atoms with Crippen LogP contribution in [0.4, 0.5) is 0 Å². The fraction of sp³-hybridized carbons (Fsp3) is 0.778. The molecule has 0 aromatic carbocycles. The summed E-state index contributed by atoms with van der Waals surface area (Å²) in [6.07, 6.45) is 4.03. The van der Waals surface area contributed by atoms with Gasteiger partial charge in [-0.3, -0.25) is 0 Å². The molecule has 0 saturated heterocycles. The zero-order valence-electron chi connectivity index (χ0n) is 8.54. The van der Waals surface area contributed by atoms with Crippen LogP contribution >= 0.6 is 15.9 Å². The minimum atomic E-state index is 0.816. The van der Waals surface area contributed by atoms with Crippen molar-refractivity contribution in [2.45, 2.75) is 32.9 Å². The lowest BCUT2D eigenvalue weighted by Crippen LogP contribution is -2.18. The van der Waals surface area contributed by atoms with E-state index in [1.54, 1.807) is 6.33 Å². The van der Waals surface area contributed by atoms with Gasteiger partial charge in [0, 0.05) is 11.9 Å². The molecule has 1 aromatic heterocycles. The molecule has 0 atom stereocenters. The first-order valence-electron chi connectivity index (χ1n) is 5.01. The molecule has 1 aromatic rings. The smallest absolute Gasteiger partial charge is 0.140 e. The maximum atomic E-state index is 4.18. The summed E-state index contributed by atoms with van der Waals surface area (Å²) in [6, 6.07) is 0. The third kappa shape index (κ3) is 3.75. The van der Waals surface area contributed by atoms with Crippen molar-refractivity contribution in [2.24, 2.45) is 0 Å². The van der Waals surface area contributed by atoms with E-state index >= 15 is 0 Å². The highest BCUT2D eigenvalue weighted by molar-refractivity contribution is 9.09. The van der Waals surface area contributed by atoms with Gasteiger partial charge in [-0.05, 0) is 26.3 Å². The van der Waals surface area contributed by atoms with E-state index in [2.05, 4.69) is 38.3 Å². The number of nitrogens with zero attached hydrogens (tertiary/aromatic N) is 3. The Kier molecular flexibility index (Phi) is 5.78. The molecule has 0 aliphatic carbocycles. The second-order valence-electron chi connectivity index (χ2n) is 3.06. The van der Waals surface area contributed by atoms with E-state index in [0.29, 0.717) is 0 Å². The molecule has 1 heterocycles. The summed E-state index contributed by atoms with van der Waals surface area (Å²) in [7, 11) is 0. The van der Waals surface area contributed by atoms with Gasteiger partial charge in [-0.25, -0.2) is 9.67 Å². The van der Waals surface area contributed by atoms with Crippen LogP contribution in [0.5, 0.6) is 0 Å². The first-order valence-corrected chi connectivity index (χ1v) is 6.14. The Morgan fingerprint density at radius 3 is 3.07 bits per heavy atom. The molecule has 0 fully saturated rings. The molecule has 0 bridgehead atoms. The summed E-state index contributed by atoms with van der Waals surface area (Å²) in [4.78, 5) is 4.18. The largest absolute Gasteiger partial charge is 0.310 e. The molecular weight excluding hydrogens is 244 g/mol. The standard InChI is InChI=1S/C9H17BrN4/c1-2-14-9(12-8-13-14)7-11-6-4-3-5-10/h8,11H,2-7H2,1H3. The number of aromatic nitrogens is 3. The van der Waals surface area contributed by atoms with Crippen LogP contribution in [0.3, 0.4) is 0 Å². The van der Waals surface area contributed by atoms with Gasteiger partial charge in [-0.2, -0.15) is 5.10 Å². The van der Waals surface area contributed by atoms with E-state index in [1.165, 1.54) is 12.8 Å². The lowest BCUT2D eigenvalue weighted by molar-refractivity contribution is 0.563. The Morgan fingerprint density at radius 2 is 2.36 bits per heavy atom. The topological polar surface area (TPSA) is 42.7 Å². The van der Waals surface area contributed by atoms with Crippen molar-refractivity contribution < 1.29 is 0 Å². The number of nitrogens with one attached hydrogen (secondary N) is 1. The first-order chi connectivity index (χ1) is 6.88. The van der Waals surface area contributed by atoms with Gasteiger partial charge in [0.25, 0.3) is 0 Å². The van der Waals surface area contributed by atoms with Crippen molar-refractivity contribution in [1.29, 1.82) is 0 Å². The third-order valence-electron chi connectivity index (χ3n) is 2.02. The fourth-order valence-corrected chi connectivity index (χ4v) is 1.63. The summed E-state index contributed by atoms with van der Waals surface area (Å²) in [5.74, 6) is 1.02. The number of aryl methyl sites for hydroxylation is 1. The maximum absolute atomic E-state index is 4.18. The number of alkyl halides is 1. The Labute approximate surface area is 93.2 Å². The van der Waals surface area contributed by atoms with E-state index in [1.807, 2.05) is 4.68 Å². The van der Waals surface area contributed by atoms with Crippen LogP contribution < -0.4 is 5.32 Å². The Hall–Kier alpha value is -0.420. The molecule has 0 aliphatic rings. The van der Waals surface area contributed by atoms with Crippen molar-refractivity contribution in [1.82, 2.24) is 20.1 Å². The van der Waals surface area contributed by atoms with E-state index in [4.69, 9.17) is 0 Å². The summed E-state index contributed by atoms with van der Waals surface area (Å²) in [5, 5.41) is 8.54. The van der Waals surface area contributed by atoms with E-state index < -0.39 is 0 Å². The SMILES string of the molecule is CCn1ncnc1CNCCCCBr. The molecule has 0 radical (unpaired) electrons. The van der Waals surface area contributed by atoms with Crippen LogP contribution in [0.15, 0.2) is 6.33 Å². The molecule has 5 heteroatoms. The average molecular weight is 261 g/mol. The molecule has 0 aliphatic heterocycles. The number of halogens is 1. The summed E-state index contributed by atoms with van der Waals surface area (Å²) in [6.45, 7) is 4.82. The van der Waals surface area contributed by atoms with Crippen LogP contribution in [0.1, 0.15) is 25.6 Å². The van der Waals surface area contributed by atoms with Crippen molar-refractivity contribution >= 4 is 15.9 Å². The lowest BCUT2D eigenvalue weighted by Gasteiger charge is -2.04. The predicted octanol–water partition coefficient (Wildman–Crippen LogP) is 1.56. The van der Waals surface area contributed by atoms with E-state index in [9.17, 15) is 0 Å². The normalized spacial score (nSPS) is 10.7. The molecule has 0 saturated carbocycles. The minimum Gasteiger partial charge on any atom is -0.310 e. The zero-order valence-corrected chi connectivity index (χ0v) is 10.1. The number of hydrogen-bond donors (Lipinski definition) is 1. The molecule has 0 spiro atoms. The second-order valence-corrected chi connectivity index (χ2v) is 3.86. The number of unbranched alkanes of at least 4 members (excludes halogenated alkanes) is 1. The first kappa shape index (κ1) is 11.7. The highest BCUT2D eigenvalue weighted by Crippen LogP contribution is 1.95. The highest BCUT2D eigenvalue weighted by Gasteiger charge is 2.00. The molecular formula is C9H17BrN4. The van der Waals surface area contributed by atoms with Crippen LogP contribution in [0.2, 0.25) is 0 Å². The van der Waals surface area contributed by atoms with Gasteiger partial charge in [0.15, 0.2) is 0 Å². The lowest BCUT2D eigenvalue weighted by atomic mass is 10.3.